The predicted octanol–water partition coefficient (Wildman–Crippen LogP) is 0.406. The fraction of sp³-hybridized carbons (Fsp3) is 0.833. The number of rotatable bonds is 6. The van der Waals surface area contributed by atoms with E-state index in [0.717, 1.165) is 0 Å². The van der Waals surface area contributed by atoms with E-state index in [0.29, 0.717) is 19.4 Å². The van der Waals surface area contributed by atoms with E-state index in [9.17, 15) is 9.59 Å². The Labute approximate surface area is 107 Å². The van der Waals surface area contributed by atoms with Gasteiger partial charge in [0.2, 0.25) is 5.91 Å². The molecule has 6 heteroatoms. The Hall–Kier alpha value is -1.14. The SMILES string of the molecule is COCC(NC(=O)[C@@H]1CC[C@H](C(=O)O)O1)C(C)C. The molecule has 1 aliphatic rings. The number of aliphatic carboxylic acids is 1. The van der Waals surface area contributed by atoms with Gasteiger partial charge in [-0.2, -0.15) is 0 Å². The molecule has 1 unspecified atom stereocenters. The second-order valence-electron chi connectivity index (χ2n) is 4.84. The van der Waals surface area contributed by atoms with Gasteiger partial charge < -0.3 is 19.9 Å². The largest absolute Gasteiger partial charge is 0.479 e. The molecule has 1 amide bonds. The first-order chi connectivity index (χ1) is 8.45. The van der Waals surface area contributed by atoms with Crippen molar-refractivity contribution in [2.75, 3.05) is 13.7 Å². The molecule has 2 N–H and O–H groups in total. The monoisotopic (exact) mass is 259 g/mol. The van der Waals surface area contributed by atoms with Crippen molar-refractivity contribution in [1.82, 2.24) is 5.32 Å². The highest BCUT2D eigenvalue weighted by molar-refractivity contribution is 5.82. The summed E-state index contributed by atoms with van der Waals surface area (Å²) < 4.78 is 10.2. The number of nitrogens with one attached hydrogen (secondary N) is 1. The van der Waals surface area contributed by atoms with Gasteiger partial charge in [0.15, 0.2) is 6.10 Å². The first-order valence-electron chi connectivity index (χ1n) is 6.13. The number of ether oxygens (including phenoxy) is 2. The molecule has 0 aliphatic carbocycles. The van der Waals surface area contributed by atoms with Gasteiger partial charge in [-0.05, 0) is 18.8 Å². The van der Waals surface area contributed by atoms with Crippen LogP contribution in [0, 0.1) is 5.92 Å². The van der Waals surface area contributed by atoms with Gasteiger partial charge in [0.1, 0.15) is 6.10 Å². The molecule has 0 radical (unpaired) electrons. The van der Waals surface area contributed by atoms with E-state index < -0.39 is 18.2 Å². The first-order valence-corrected chi connectivity index (χ1v) is 6.13. The summed E-state index contributed by atoms with van der Waals surface area (Å²) >= 11 is 0. The Morgan fingerprint density at radius 2 is 2.00 bits per heavy atom. The van der Waals surface area contributed by atoms with Crippen LogP contribution in [-0.4, -0.2) is 48.9 Å². The van der Waals surface area contributed by atoms with Crippen LogP contribution in [0.3, 0.4) is 0 Å². The summed E-state index contributed by atoms with van der Waals surface area (Å²) in [6, 6.07) is -0.0880. The van der Waals surface area contributed by atoms with Crippen LogP contribution in [-0.2, 0) is 19.1 Å². The number of carboxylic acids is 1. The molecule has 1 aliphatic heterocycles. The quantitative estimate of drug-likeness (QED) is 0.721. The van der Waals surface area contributed by atoms with E-state index in [1.165, 1.54) is 0 Å². The van der Waals surface area contributed by atoms with Crippen molar-refractivity contribution in [3.63, 3.8) is 0 Å². The normalized spacial score (nSPS) is 25.1. The number of hydrogen-bond acceptors (Lipinski definition) is 4. The van der Waals surface area contributed by atoms with E-state index in [-0.39, 0.29) is 17.9 Å². The van der Waals surface area contributed by atoms with Crippen molar-refractivity contribution >= 4 is 11.9 Å². The van der Waals surface area contributed by atoms with Crippen LogP contribution in [0.1, 0.15) is 26.7 Å². The van der Waals surface area contributed by atoms with E-state index >= 15 is 0 Å². The zero-order valence-corrected chi connectivity index (χ0v) is 11.0. The molecule has 0 aromatic heterocycles. The molecule has 0 spiro atoms. The van der Waals surface area contributed by atoms with Crippen LogP contribution < -0.4 is 5.32 Å². The van der Waals surface area contributed by atoms with Crippen molar-refractivity contribution in [3.05, 3.63) is 0 Å². The van der Waals surface area contributed by atoms with Crippen molar-refractivity contribution in [1.29, 1.82) is 0 Å². The summed E-state index contributed by atoms with van der Waals surface area (Å²) in [5, 5.41) is 11.6. The number of carbonyl (C=O) groups is 2. The average molecular weight is 259 g/mol. The molecule has 6 nitrogen and oxygen atoms in total. The summed E-state index contributed by atoms with van der Waals surface area (Å²) in [7, 11) is 1.58. The van der Waals surface area contributed by atoms with Gasteiger partial charge in [0.05, 0.1) is 12.6 Å². The molecule has 3 atom stereocenters. The Kier molecular flexibility index (Phi) is 5.55. The third-order valence-corrected chi connectivity index (χ3v) is 3.07. The van der Waals surface area contributed by atoms with Crippen molar-refractivity contribution in [2.45, 2.75) is 44.9 Å². The molecular weight excluding hydrogens is 238 g/mol. The van der Waals surface area contributed by atoms with Crippen molar-refractivity contribution < 1.29 is 24.2 Å². The van der Waals surface area contributed by atoms with Crippen molar-refractivity contribution in [3.8, 4) is 0 Å². The lowest BCUT2D eigenvalue weighted by molar-refractivity contribution is -0.152. The Balaban J connectivity index is 2.47. The van der Waals surface area contributed by atoms with Crippen LogP contribution in [0.4, 0.5) is 0 Å². The topological polar surface area (TPSA) is 84.9 Å². The molecule has 0 aromatic rings. The highest BCUT2D eigenvalue weighted by Gasteiger charge is 2.35. The summed E-state index contributed by atoms with van der Waals surface area (Å²) in [5.74, 6) is -1.03. The van der Waals surface area contributed by atoms with E-state index in [2.05, 4.69) is 5.32 Å². The van der Waals surface area contributed by atoms with Gasteiger partial charge in [-0.15, -0.1) is 0 Å². The van der Waals surface area contributed by atoms with Gasteiger partial charge in [0, 0.05) is 7.11 Å². The number of hydrogen-bond donors (Lipinski definition) is 2. The minimum Gasteiger partial charge on any atom is -0.479 e. The van der Waals surface area contributed by atoms with Gasteiger partial charge in [0.25, 0.3) is 0 Å². The lowest BCUT2D eigenvalue weighted by atomic mass is 10.0. The highest BCUT2D eigenvalue weighted by atomic mass is 16.5. The van der Waals surface area contributed by atoms with Crippen LogP contribution >= 0.6 is 0 Å². The highest BCUT2D eigenvalue weighted by Crippen LogP contribution is 2.20. The van der Waals surface area contributed by atoms with Gasteiger partial charge in [-0.3, -0.25) is 4.79 Å². The van der Waals surface area contributed by atoms with Crippen LogP contribution in [0.5, 0.6) is 0 Å². The molecule has 0 bridgehead atoms. The molecular formula is C12H21NO5. The zero-order valence-electron chi connectivity index (χ0n) is 11.0. The molecule has 104 valence electrons. The lowest BCUT2D eigenvalue weighted by Crippen LogP contribution is -2.46. The zero-order chi connectivity index (χ0) is 13.7. The third-order valence-electron chi connectivity index (χ3n) is 3.07. The van der Waals surface area contributed by atoms with E-state index in [1.54, 1.807) is 7.11 Å². The molecule has 0 aromatic carbocycles. The van der Waals surface area contributed by atoms with Crippen LogP contribution in [0.25, 0.3) is 0 Å². The van der Waals surface area contributed by atoms with Gasteiger partial charge >= 0.3 is 5.97 Å². The number of carbonyl (C=O) groups excluding carboxylic acids is 1. The number of methoxy groups -OCH3 is 1. The summed E-state index contributed by atoms with van der Waals surface area (Å²) in [4.78, 5) is 22.6. The van der Waals surface area contributed by atoms with Crippen molar-refractivity contribution in [2.24, 2.45) is 5.92 Å². The number of carboxylic acid groups (broad SMARTS) is 1. The minimum absolute atomic E-state index is 0.0880. The maximum Gasteiger partial charge on any atom is 0.332 e. The van der Waals surface area contributed by atoms with E-state index in [4.69, 9.17) is 14.6 Å². The standard InChI is InChI=1S/C12H21NO5/c1-7(2)8(6-17-3)13-11(14)9-4-5-10(18-9)12(15)16/h7-10H,4-6H2,1-3H3,(H,13,14)(H,15,16)/t8?,9-,10+/m0/s1. The average Bonchev–Trinajstić information content (AvgIpc) is 2.77. The Morgan fingerprint density at radius 1 is 1.39 bits per heavy atom. The molecule has 1 saturated heterocycles. The molecule has 1 heterocycles. The molecule has 18 heavy (non-hydrogen) atoms. The Morgan fingerprint density at radius 3 is 2.44 bits per heavy atom. The summed E-state index contributed by atoms with van der Waals surface area (Å²) in [5.41, 5.74) is 0. The van der Waals surface area contributed by atoms with Crippen LogP contribution in [0.2, 0.25) is 0 Å². The second-order valence-corrected chi connectivity index (χ2v) is 4.84. The van der Waals surface area contributed by atoms with Gasteiger partial charge in [-0.1, -0.05) is 13.8 Å². The molecule has 0 saturated carbocycles. The molecule has 1 rings (SSSR count). The maximum absolute atomic E-state index is 11.9. The number of amides is 1. The lowest BCUT2D eigenvalue weighted by Gasteiger charge is -2.23. The third kappa shape index (κ3) is 3.96. The predicted molar refractivity (Wildman–Crippen MR) is 64.2 cm³/mol. The van der Waals surface area contributed by atoms with Crippen LogP contribution in [0.15, 0.2) is 0 Å². The maximum atomic E-state index is 11.9. The second kappa shape index (κ2) is 6.70. The summed E-state index contributed by atoms with van der Waals surface area (Å²) in [6.07, 6.45) is -0.699. The Bertz CT molecular complexity index is 305. The first kappa shape index (κ1) is 14.9. The fourth-order valence-corrected chi connectivity index (χ4v) is 1.87. The minimum atomic E-state index is -1.01. The molecule has 1 fully saturated rings. The summed E-state index contributed by atoms with van der Waals surface area (Å²) in [6.45, 7) is 4.40. The van der Waals surface area contributed by atoms with E-state index in [1.807, 2.05) is 13.8 Å². The van der Waals surface area contributed by atoms with Gasteiger partial charge in [-0.25, -0.2) is 4.79 Å². The smallest absolute Gasteiger partial charge is 0.332 e. The fourth-order valence-electron chi connectivity index (χ4n) is 1.87.